The first-order valence-electron chi connectivity index (χ1n) is 6.07. The molecule has 1 aromatic rings. The minimum Gasteiger partial charge on any atom is -0.481 e. The molecule has 116 valence electrons. The Morgan fingerprint density at radius 2 is 1.95 bits per heavy atom. The number of benzene rings is 1. The lowest BCUT2D eigenvalue weighted by molar-refractivity contribution is -0.137. The van der Waals surface area contributed by atoms with Gasteiger partial charge in [0.1, 0.15) is 0 Å². The number of esters is 1. The molecule has 0 aliphatic rings. The van der Waals surface area contributed by atoms with E-state index in [1.54, 1.807) is 13.0 Å². The van der Waals surface area contributed by atoms with Crippen LogP contribution in [0.5, 0.6) is 0 Å². The quantitative estimate of drug-likeness (QED) is 0.782. The van der Waals surface area contributed by atoms with Crippen LogP contribution in [0.2, 0.25) is 0 Å². The zero-order valence-corrected chi connectivity index (χ0v) is 12.8. The lowest BCUT2D eigenvalue weighted by Gasteiger charge is -2.18. The standard InChI is InChI=1S/C13H17NO6S/c1-9-4-5-11(10(8-9)13(17)20-3)21(18,19)14(2)7-6-12(15)16/h4-5,8H,6-7H2,1-3H3,(H,15,16). The Morgan fingerprint density at radius 1 is 1.33 bits per heavy atom. The molecular weight excluding hydrogens is 298 g/mol. The van der Waals surface area contributed by atoms with Gasteiger partial charge in [0.2, 0.25) is 10.0 Å². The molecule has 1 aromatic carbocycles. The first kappa shape index (κ1) is 17.1. The van der Waals surface area contributed by atoms with Crippen LogP contribution in [0.3, 0.4) is 0 Å². The summed E-state index contributed by atoms with van der Waals surface area (Å²) in [7, 11) is -1.54. The van der Waals surface area contributed by atoms with Crippen molar-refractivity contribution in [2.24, 2.45) is 0 Å². The van der Waals surface area contributed by atoms with Crippen molar-refractivity contribution in [1.29, 1.82) is 0 Å². The smallest absolute Gasteiger partial charge is 0.339 e. The van der Waals surface area contributed by atoms with Crippen molar-refractivity contribution >= 4 is 22.0 Å². The van der Waals surface area contributed by atoms with Crippen molar-refractivity contribution in [3.63, 3.8) is 0 Å². The van der Waals surface area contributed by atoms with Crippen molar-refractivity contribution in [2.45, 2.75) is 18.2 Å². The van der Waals surface area contributed by atoms with Gasteiger partial charge in [-0.05, 0) is 19.1 Å². The van der Waals surface area contributed by atoms with Gasteiger partial charge in [-0.25, -0.2) is 17.5 Å². The lowest BCUT2D eigenvalue weighted by atomic mass is 10.1. The average Bonchev–Trinajstić information content (AvgIpc) is 2.43. The number of carbonyl (C=O) groups is 2. The van der Waals surface area contributed by atoms with Gasteiger partial charge in [-0.2, -0.15) is 0 Å². The fourth-order valence-corrected chi connectivity index (χ4v) is 3.01. The predicted octanol–water partition coefficient (Wildman–Crippen LogP) is 0.877. The fourth-order valence-electron chi connectivity index (χ4n) is 1.68. The number of sulfonamides is 1. The average molecular weight is 315 g/mol. The number of carbonyl (C=O) groups excluding carboxylic acids is 1. The third-order valence-corrected chi connectivity index (χ3v) is 4.78. The first-order chi connectivity index (χ1) is 9.70. The van der Waals surface area contributed by atoms with Crippen LogP contribution < -0.4 is 0 Å². The molecule has 0 radical (unpaired) electrons. The van der Waals surface area contributed by atoms with Crippen molar-refractivity contribution in [2.75, 3.05) is 20.7 Å². The van der Waals surface area contributed by atoms with Crippen LogP contribution >= 0.6 is 0 Å². The molecule has 0 aromatic heterocycles. The highest BCUT2D eigenvalue weighted by Crippen LogP contribution is 2.21. The molecule has 0 aliphatic heterocycles. The summed E-state index contributed by atoms with van der Waals surface area (Å²) in [5.41, 5.74) is 0.641. The van der Waals surface area contributed by atoms with Gasteiger partial charge in [-0.3, -0.25) is 4.79 Å². The third kappa shape index (κ3) is 4.02. The fraction of sp³-hybridized carbons (Fsp3) is 0.385. The van der Waals surface area contributed by atoms with Crippen LogP contribution in [0.15, 0.2) is 23.1 Å². The SMILES string of the molecule is COC(=O)c1cc(C)ccc1S(=O)(=O)N(C)CCC(=O)O. The maximum absolute atomic E-state index is 12.4. The summed E-state index contributed by atoms with van der Waals surface area (Å²) >= 11 is 0. The second kappa shape index (κ2) is 6.68. The number of methoxy groups -OCH3 is 1. The Kier molecular flexibility index (Phi) is 5.45. The third-order valence-electron chi connectivity index (χ3n) is 2.87. The molecule has 0 saturated heterocycles. The van der Waals surface area contributed by atoms with Crippen LogP contribution in [-0.2, 0) is 19.6 Å². The molecule has 0 heterocycles. The molecule has 1 rings (SSSR count). The number of rotatable bonds is 6. The summed E-state index contributed by atoms with van der Waals surface area (Å²) < 4.78 is 30.3. The summed E-state index contributed by atoms with van der Waals surface area (Å²) in [5, 5.41) is 8.62. The molecular formula is C13H17NO6S. The van der Waals surface area contributed by atoms with Gasteiger partial charge in [-0.15, -0.1) is 0 Å². The number of ether oxygens (including phenoxy) is 1. The van der Waals surface area contributed by atoms with Crippen molar-refractivity contribution in [3.05, 3.63) is 29.3 Å². The Bertz CT molecular complexity index is 653. The molecule has 0 amide bonds. The summed E-state index contributed by atoms with van der Waals surface area (Å²) in [6, 6.07) is 4.29. The molecule has 0 bridgehead atoms. The predicted molar refractivity (Wildman–Crippen MR) is 74.6 cm³/mol. The summed E-state index contributed by atoms with van der Waals surface area (Å²) in [4.78, 5) is 22.1. The molecule has 8 heteroatoms. The largest absolute Gasteiger partial charge is 0.481 e. The Hall–Kier alpha value is -1.93. The van der Waals surface area contributed by atoms with E-state index >= 15 is 0 Å². The van der Waals surface area contributed by atoms with Gasteiger partial charge in [0.25, 0.3) is 0 Å². The Morgan fingerprint density at radius 3 is 2.48 bits per heavy atom. The number of hydrogen-bond donors (Lipinski definition) is 1. The highest BCUT2D eigenvalue weighted by Gasteiger charge is 2.27. The summed E-state index contributed by atoms with van der Waals surface area (Å²) in [6.45, 7) is 1.53. The number of nitrogens with zero attached hydrogens (tertiary/aromatic N) is 1. The van der Waals surface area contributed by atoms with E-state index in [-0.39, 0.29) is 23.4 Å². The van der Waals surface area contributed by atoms with Gasteiger partial charge in [0, 0.05) is 13.6 Å². The highest BCUT2D eigenvalue weighted by atomic mass is 32.2. The van der Waals surface area contributed by atoms with Crippen molar-refractivity contribution in [1.82, 2.24) is 4.31 Å². The second-order valence-corrected chi connectivity index (χ2v) is 6.47. The number of carboxylic acids is 1. The van der Waals surface area contributed by atoms with E-state index < -0.39 is 22.0 Å². The topological polar surface area (TPSA) is 101 Å². The molecule has 0 fully saturated rings. The number of hydrogen-bond acceptors (Lipinski definition) is 5. The Labute approximate surface area is 123 Å². The van der Waals surface area contributed by atoms with Gasteiger partial charge >= 0.3 is 11.9 Å². The van der Waals surface area contributed by atoms with Gasteiger partial charge < -0.3 is 9.84 Å². The molecule has 0 aliphatic carbocycles. The number of aryl methyl sites for hydroxylation is 1. The molecule has 7 nitrogen and oxygen atoms in total. The van der Waals surface area contributed by atoms with E-state index in [2.05, 4.69) is 4.74 Å². The zero-order chi connectivity index (χ0) is 16.2. The van der Waals surface area contributed by atoms with E-state index in [9.17, 15) is 18.0 Å². The van der Waals surface area contributed by atoms with Crippen molar-refractivity contribution < 1.29 is 27.9 Å². The highest BCUT2D eigenvalue weighted by molar-refractivity contribution is 7.89. The van der Waals surface area contributed by atoms with E-state index in [4.69, 9.17) is 5.11 Å². The Balaban J connectivity index is 3.25. The van der Waals surface area contributed by atoms with Crippen LogP contribution in [0.1, 0.15) is 22.3 Å². The van der Waals surface area contributed by atoms with E-state index in [0.717, 1.165) is 11.4 Å². The normalized spacial score (nSPS) is 11.4. The molecule has 0 spiro atoms. The van der Waals surface area contributed by atoms with Crippen LogP contribution in [0.4, 0.5) is 0 Å². The number of carboxylic acid groups (broad SMARTS) is 1. The molecule has 0 saturated carbocycles. The second-order valence-electron chi connectivity index (χ2n) is 4.46. The molecule has 1 N–H and O–H groups in total. The van der Waals surface area contributed by atoms with Crippen molar-refractivity contribution in [3.8, 4) is 0 Å². The zero-order valence-electron chi connectivity index (χ0n) is 12.0. The molecule has 21 heavy (non-hydrogen) atoms. The maximum Gasteiger partial charge on any atom is 0.339 e. The van der Waals surface area contributed by atoms with Gasteiger partial charge in [0.05, 0.1) is 24.0 Å². The van der Waals surface area contributed by atoms with Gasteiger partial charge in [0.15, 0.2) is 0 Å². The summed E-state index contributed by atoms with van der Waals surface area (Å²) in [6.07, 6.45) is -0.324. The summed E-state index contributed by atoms with van der Waals surface area (Å²) in [5.74, 6) is -1.86. The lowest BCUT2D eigenvalue weighted by Crippen LogP contribution is -2.30. The van der Waals surface area contributed by atoms with Crippen LogP contribution in [-0.4, -0.2) is 50.5 Å². The van der Waals surface area contributed by atoms with Crippen LogP contribution in [0, 0.1) is 6.92 Å². The molecule has 0 atom stereocenters. The maximum atomic E-state index is 12.4. The van der Waals surface area contributed by atoms with Crippen LogP contribution in [0.25, 0.3) is 0 Å². The monoisotopic (exact) mass is 315 g/mol. The first-order valence-corrected chi connectivity index (χ1v) is 7.51. The minimum atomic E-state index is -3.97. The van der Waals surface area contributed by atoms with Gasteiger partial charge in [-0.1, -0.05) is 11.6 Å². The van der Waals surface area contributed by atoms with E-state index in [1.807, 2.05) is 0 Å². The van der Waals surface area contributed by atoms with E-state index in [0.29, 0.717) is 5.56 Å². The molecule has 0 unspecified atom stereocenters. The van der Waals surface area contributed by atoms with E-state index in [1.165, 1.54) is 19.2 Å². The number of aliphatic carboxylic acids is 1. The minimum absolute atomic E-state index is 0.0697.